The Morgan fingerprint density at radius 3 is 2.80 bits per heavy atom. The zero-order chi connectivity index (χ0) is 13.5. The molecule has 4 nitrogen and oxygen atoms in total. The minimum absolute atomic E-state index is 0.636. The van der Waals surface area contributed by atoms with Crippen LogP contribution in [0, 0.1) is 23.7 Å². The van der Waals surface area contributed by atoms with E-state index >= 15 is 0 Å². The summed E-state index contributed by atoms with van der Waals surface area (Å²) in [5.74, 6) is 5.52. The molecule has 0 aromatic carbocycles. The molecule has 3 atom stereocenters. The van der Waals surface area contributed by atoms with E-state index in [-0.39, 0.29) is 0 Å². The highest BCUT2D eigenvalue weighted by atomic mass is 127. The molecular weight excluding hydrogens is 363 g/mol. The van der Waals surface area contributed by atoms with E-state index in [2.05, 4.69) is 38.3 Å². The van der Waals surface area contributed by atoms with Gasteiger partial charge in [-0.3, -0.25) is 0 Å². The second kappa shape index (κ2) is 5.55. The molecule has 1 aromatic heterocycles. The third-order valence-corrected chi connectivity index (χ3v) is 6.42. The summed E-state index contributed by atoms with van der Waals surface area (Å²) in [5, 5.41) is 8.15. The number of hydrogen-bond acceptors (Lipinski definition) is 3. The molecule has 3 saturated carbocycles. The van der Waals surface area contributed by atoms with E-state index in [1.54, 1.807) is 0 Å². The fourth-order valence-corrected chi connectivity index (χ4v) is 5.20. The van der Waals surface area contributed by atoms with Gasteiger partial charge < -0.3 is 5.32 Å². The van der Waals surface area contributed by atoms with E-state index in [1.807, 2.05) is 9.22 Å². The number of halogens is 1. The van der Waals surface area contributed by atoms with Crippen molar-refractivity contribution in [1.29, 1.82) is 0 Å². The zero-order valence-electron chi connectivity index (χ0n) is 11.8. The van der Waals surface area contributed by atoms with Crippen LogP contribution < -0.4 is 5.32 Å². The number of hydrogen-bond donors (Lipinski definition) is 1. The Hall–Kier alpha value is -0.170. The first-order chi connectivity index (χ1) is 9.81. The lowest BCUT2D eigenvalue weighted by Gasteiger charge is -2.53. The topological polar surface area (TPSA) is 42.7 Å². The van der Waals surface area contributed by atoms with Crippen molar-refractivity contribution >= 4 is 22.9 Å². The van der Waals surface area contributed by atoms with Crippen LogP contribution >= 0.6 is 22.9 Å². The van der Waals surface area contributed by atoms with Crippen LogP contribution in [-0.2, 0) is 0 Å². The molecule has 0 radical (unpaired) electrons. The highest BCUT2D eigenvalue weighted by Crippen LogP contribution is 2.58. The van der Waals surface area contributed by atoms with Crippen molar-refractivity contribution in [3.63, 3.8) is 0 Å². The maximum absolute atomic E-state index is 4.59. The lowest BCUT2D eigenvalue weighted by molar-refractivity contribution is -0.00848. The summed E-state index contributed by atoms with van der Waals surface area (Å²) < 4.78 is 1.84. The van der Waals surface area contributed by atoms with Gasteiger partial charge in [0.15, 0.2) is 5.82 Å². The monoisotopic (exact) mass is 386 g/mol. The Labute approximate surface area is 134 Å². The maximum atomic E-state index is 4.59. The van der Waals surface area contributed by atoms with Gasteiger partial charge in [-0.15, -0.1) is 5.10 Å². The van der Waals surface area contributed by atoms with E-state index in [0.29, 0.717) is 5.92 Å². The number of nitrogens with one attached hydrogen (secondary N) is 1. The SMILES string of the molecule is In1cnc(C2CC(C3CCCNCC3)C3CC2C3)n1. The Morgan fingerprint density at radius 1 is 1.10 bits per heavy atom. The van der Waals surface area contributed by atoms with Crippen LogP contribution in [0.15, 0.2) is 6.33 Å². The van der Waals surface area contributed by atoms with Crippen LogP contribution in [0.4, 0.5) is 0 Å². The minimum atomic E-state index is 0.636. The first-order valence-electron chi connectivity index (χ1n) is 8.09. The lowest BCUT2D eigenvalue weighted by atomic mass is 9.52. The first kappa shape index (κ1) is 13.5. The fourth-order valence-electron chi connectivity index (χ4n) is 4.86. The summed E-state index contributed by atoms with van der Waals surface area (Å²) in [6.07, 6.45) is 10.3. The van der Waals surface area contributed by atoms with E-state index in [9.17, 15) is 0 Å². The molecule has 4 aliphatic rings. The molecule has 0 spiro atoms. The van der Waals surface area contributed by atoms with E-state index in [0.717, 1.165) is 29.5 Å². The largest absolute Gasteiger partial charge is 0.317 e. The van der Waals surface area contributed by atoms with Gasteiger partial charge in [0.25, 0.3) is 0 Å². The third kappa shape index (κ3) is 2.40. The van der Waals surface area contributed by atoms with Crippen molar-refractivity contribution < 1.29 is 0 Å². The van der Waals surface area contributed by atoms with Crippen LogP contribution in [-0.4, -0.2) is 26.1 Å². The number of rotatable bonds is 2. The third-order valence-electron chi connectivity index (χ3n) is 5.95. The summed E-state index contributed by atoms with van der Waals surface area (Å²) in [4.78, 5) is 4.54. The van der Waals surface area contributed by atoms with Gasteiger partial charge in [-0.25, -0.2) is 4.98 Å². The molecular formula is C15H23IN4. The smallest absolute Gasteiger partial charge is 0.154 e. The molecule has 1 saturated heterocycles. The summed E-state index contributed by atoms with van der Waals surface area (Å²) in [6.45, 7) is 2.45. The minimum Gasteiger partial charge on any atom is -0.317 e. The molecule has 3 aliphatic carbocycles. The zero-order valence-corrected chi connectivity index (χ0v) is 14.0. The Morgan fingerprint density at radius 2 is 2.00 bits per heavy atom. The van der Waals surface area contributed by atoms with Gasteiger partial charge in [-0.2, -0.15) is 2.90 Å². The number of fused-ring (bicyclic) bond motifs is 2. The summed E-state index contributed by atoms with van der Waals surface area (Å²) >= 11 is 2.21. The summed E-state index contributed by atoms with van der Waals surface area (Å²) in [7, 11) is 0. The normalized spacial score (nSPS) is 41.0. The Kier molecular flexibility index (Phi) is 3.75. The molecule has 5 heteroatoms. The van der Waals surface area contributed by atoms with Crippen molar-refractivity contribution in [3.8, 4) is 0 Å². The van der Waals surface area contributed by atoms with Crippen molar-refractivity contribution in [1.82, 2.24) is 18.3 Å². The number of aromatic nitrogens is 3. The lowest BCUT2D eigenvalue weighted by Crippen LogP contribution is -2.44. The molecule has 2 heterocycles. The van der Waals surface area contributed by atoms with Crippen LogP contribution in [0.5, 0.6) is 0 Å². The highest BCUT2D eigenvalue weighted by molar-refractivity contribution is 14.1. The highest BCUT2D eigenvalue weighted by Gasteiger charge is 2.49. The predicted molar refractivity (Wildman–Crippen MR) is 86.7 cm³/mol. The average Bonchev–Trinajstić information content (AvgIpc) is 2.70. The van der Waals surface area contributed by atoms with Gasteiger partial charge in [0, 0.05) is 5.92 Å². The van der Waals surface area contributed by atoms with Gasteiger partial charge in [0.05, 0.1) is 22.9 Å². The van der Waals surface area contributed by atoms with E-state index in [4.69, 9.17) is 0 Å². The van der Waals surface area contributed by atoms with Crippen LogP contribution in [0.1, 0.15) is 50.3 Å². The summed E-state index contributed by atoms with van der Waals surface area (Å²) in [5.41, 5.74) is 0. The van der Waals surface area contributed by atoms with E-state index in [1.165, 1.54) is 51.6 Å². The Bertz CT molecular complexity index is 460. The van der Waals surface area contributed by atoms with Crippen LogP contribution in [0.3, 0.4) is 0 Å². The standard InChI is InChI=1S/C15H23IN4/c16-20-9-18-15(19-20)14-8-13(11-6-12(14)7-11)10-2-1-4-17-5-3-10/h9-14,17H,1-8H2. The fraction of sp³-hybridized carbons (Fsp3) is 0.867. The molecule has 20 heavy (non-hydrogen) atoms. The molecule has 1 aromatic rings. The van der Waals surface area contributed by atoms with Crippen molar-refractivity contribution in [2.45, 2.75) is 44.4 Å². The Balaban J connectivity index is 1.50. The van der Waals surface area contributed by atoms with Gasteiger partial charge >= 0.3 is 0 Å². The van der Waals surface area contributed by atoms with Gasteiger partial charge in [-0.05, 0) is 75.3 Å². The van der Waals surface area contributed by atoms with Crippen molar-refractivity contribution in [3.05, 3.63) is 12.2 Å². The van der Waals surface area contributed by atoms with Crippen molar-refractivity contribution in [2.75, 3.05) is 13.1 Å². The molecule has 4 fully saturated rings. The van der Waals surface area contributed by atoms with Gasteiger partial charge in [-0.1, -0.05) is 0 Å². The molecule has 0 amide bonds. The molecule has 1 N–H and O–H groups in total. The van der Waals surface area contributed by atoms with Gasteiger partial charge in [0.1, 0.15) is 6.33 Å². The predicted octanol–water partition coefficient (Wildman–Crippen LogP) is 3.00. The molecule has 110 valence electrons. The summed E-state index contributed by atoms with van der Waals surface area (Å²) in [6, 6.07) is 0. The van der Waals surface area contributed by atoms with E-state index < -0.39 is 0 Å². The van der Waals surface area contributed by atoms with Crippen LogP contribution in [0.2, 0.25) is 0 Å². The van der Waals surface area contributed by atoms with Crippen molar-refractivity contribution in [2.24, 2.45) is 23.7 Å². The first-order valence-corrected chi connectivity index (χ1v) is 9.06. The second-order valence-electron chi connectivity index (χ2n) is 6.93. The average molecular weight is 386 g/mol. The molecule has 2 bridgehead atoms. The molecule has 1 aliphatic heterocycles. The number of nitrogens with zero attached hydrogens (tertiary/aromatic N) is 3. The van der Waals surface area contributed by atoms with Crippen LogP contribution in [0.25, 0.3) is 0 Å². The molecule has 3 unspecified atom stereocenters. The maximum Gasteiger partial charge on any atom is 0.154 e. The second-order valence-corrected chi connectivity index (χ2v) is 7.92. The van der Waals surface area contributed by atoms with Gasteiger partial charge in [0.2, 0.25) is 0 Å². The molecule has 5 rings (SSSR count). The quantitative estimate of drug-likeness (QED) is 0.795.